The van der Waals surface area contributed by atoms with Crippen LogP contribution >= 0.6 is 15.9 Å². The van der Waals surface area contributed by atoms with E-state index in [1.807, 2.05) is 54.6 Å². The molecule has 0 saturated heterocycles. The fourth-order valence-electron chi connectivity index (χ4n) is 3.12. The molecule has 3 aromatic carbocycles. The van der Waals surface area contributed by atoms with E-state index in [1.54, 1.807) is 35.2 Å². The number of esters is 1. The second-order valence-corrected chi connectivity index (χ2v) is 7.48. The lowest BCUT2D eigenvalue weighted by Gasteiger charge is -2.18. The molecule has 1 heterocycles. The molecular formula is C24H17BrN2O3. The number of hydrogen-bond donors (Lipinski definition) is 0. The third-order valence-corrected chi connectivity index (χ3v) is 5.14. The Morgan fingerprint density at radius 3 is 2.27 bits per heavy atom. The third kappa shape index (κ3) is 3.95. The average molecular weight is 461 g/mol. The van der Waals surface area contributed by atoms with Gasteiger partial charge in [0.15, 0.2) is 0 Å². The summed E-state index contributed by atoms with van der Waals surface area (Å²) < 4.78 is 5.67. The lowest BCUT2D eigenvalue weighted by atomic mass is 10.1. The molecule has 4 rings (SSSR count). The Balaban J connectivity index is 1.75. The maximum absolute atomic E-state index is 13.2. The summed E-state index contributed by atoms with van der Waals surface area (Å²) in [5, 5.41) is 0. The van der Waals surface area contributed by atoms with Gasteiger partial charge in [-0.25, -0.2) is 9.79 Å². The Hall–Kier alpha value is -3.51. The van der Waals surface area contributed by atoms with Crippen LogP contribution in [0.5, 0.6) is 0 Å². The van der Waals surface area contributed by atoms with Gasteiger partial charge >= 0.3 is 5.97 Å². The van der Waals surface area contributed by atoms with Crippen LogP contribution < -0.4 is 4.90 Å². The molecule has 0 atom stereocenters. The van der Waals surface area contributed by atoms with Gasteiger partial charge in [0.25, 0.3) is 5.91 Å². The van der Waals surface area contributed by atoms with Crippen LogP contribution in [-0.4, -0.2) is 24.8 Å². The highest BCUT2D eigenvalue weighted by molar-refractivity contribution is 9.10. The second kappa shape index (κ2) is 8.47. The summed E-state index contributed by atoms with van der Waals surface area (Å²) >= 11 is 3.44. The van der Waals surface area contributed by atoms with Crippen molar-refractivity contribution in [2.75, 3.05) is 12.0 Å². The maximum atomic E-state index is 13.2. The van der Waals surface area contributed by atoms with Crippen molar-refractivity contribution in [2.24, 2.45) is 4.99 Å². The number of halogens is 1. The van der Waals surface area contributed by atoms with Gasteiger partial charge in [-0.15, -0.1) is 0 Å². The summed E-state index contributed by atoms with van der Waals surface area (Å²) in [4.78, 5) is 31.1. The molecule has 0 aliphatic carbocycles. The normalized spacial score (nSPS) is 14.7. The van der Waals surface area contributed by atoms with Crippen LogP contribution in [0.15, 0.2) is 94.0 Å². The van der Waals surface area contributed by atoms with Crippen molar-refractivity contribution in [2.45, 2.75) is 0 Å². The summed E-state index contributed by atoms with van der Waals surface area (Å²) in [6.07, 6.45) is 1.71. The Labute approximate surface area is 182 Å². The number of carbonyl (C=O) groups excluding carboxylic acids is 2. The molecule has 0 saturated carbocycles. The van der Waals surface area contributed by atoms with Crippen LogP contribution in [0.3, 0.4) is 0 Å². The van der Waals surface area contributed by atoms with Gasteiger partial charge in [0.05, 0.1) is 18.4 Å². The van der Waals surface area contributed by atoms with Crippen molar-refractivity contribution in [1.29, 1.82) is 0 Å². The average Bonchev–Trinajstić information content (AvgIpc) is 3.10. The summed E-state index contributed by atoms with van der Waals surface area (Å²) in [5.74, 6) is -0.0516. The van der Waals surface area contributed by atoms with E-state index in [2.05, 4.69) is 20.9 Å². The zero-order valence-electron chi connectivity index (χ0n) is 16.1. The number of amidine groups is 1. The van der Waals surface area contributed by atoms with E-state index >= 15 is 0 Å². The minimum absolute atomic E-state index is 0.212. The van der Waals surface area contributed by atoms with Crippen LogP contribution in [0.25, 0.3) is 6.08 Å². The molecule has 0 fully saturated rings. The highest BCUT2D eigenvalue weighted by atomic mass is 79.9. The SMILES string of the molecule is COC(=O)c1ccc(/C=C2/N=C(c3ccc(Br)cc3)N(c3ccccc3)C2=O)cc1. The number of ether oxygens (including phenoxy) is 1. The van der Waals surface area contributed by atoms with Gasteiger partial charge in [0, 0.05) is 10.0 Å². The van der Waals surface area contributed by atoms with Crippen LogP contribution in [0.4, 0.5) is 5.69 Å². The molecule has 148 valence electrons. The largest absolute Gasteiger partial charge is 0.465 e. The van der Waals surface area contributed by atoms with Crippen molar-refractivity contribution >= 4 is 45.4 Å². The van der Waals surface area contributed by atoms with Crippen LogP contribution in [0.2, 0.25) is 0 Å². The fourth-order valence-corrected chi connectivity index (χ4v) is 3.38. The first-order valence-corrected chi connectivity index (χ1v) is 10.0. The van der Waals surface area contributed by atoms with Crippen molar-refractivity contribution in [3.8, 4) is 0 Å². The molecule has 0 radical (unpaired) electrons. The fraction of sp³-hybridized carbons (Fsp3) is 0.0417. The van der Waals surface area contributed by atoms with Crippen molar-refractivity contribution in [3.05, 3.63) is 106 Å². The molecule has 1 aliphatic heterocycles. The predicted molar refractivity (Wildman–Crippen MR) is 120 cm³/mol. The van der Waals surface area contributed by atoms with Gasteiger partial charge < -0.3 is 4.74 Å². The third-order valence-electron chi connectivity index (χ3n) is 4.61. The molecule has 30 heavy (non-hydrogen) atoms. The standard InChI is InChI=1S/C24H17BrN2O3/c1-30-24(29)18-9-7-16(8-10-18)15-21-23(28)27(20-5-3-2-4-6-20)22(26-21)17-11-13-19(25)14-12-17/h2-15H,1H3/b21-15+. The number of para-hydroxylation sites is 1. The highest BCUT2D eigenvalue weighted by Gasteiger charge is 2.32. The number of nitrogens with zero attached hydrogens (tertiary/aromatic N) is 2. The Morgan fingerprint density at radius 2 is 1.63 bits per heavy atom. The summed E-state index contributed by atoms with van der Waals surface area (Å²) in [6, 6.07) is 23.9. The number of rotatable bonds is 4. The molecular weight excluding hydrogens is 444 g/mol. The van der Waals surface area contributed by atoms with Crippen molar-refractivity contribution in [3.63, 3.8) is 0 Å². The van der Waals surface area contributed by atoms with E-state index in [-0.39, 0.29) is 5.91 Å². The highest BCUT2D eigenvalue weighted by Crippen LogP contribution is 2.28. The van der Waals surface area contributed by atoms with Crippen LogP contribution in [-0.2, 0) is 9.53 Å². The van der Waals surface area contributed by atoms with Crippen LogP contribution in [0, 0.1) is 0 Å². The first-order valence-electron chi connectivity index (χ1n) is 9.21. The van der Waals surface area contributed by atoms with Gasteiger partial charge in [0.1, 0.15) is 11.5 Å². The number of anilines is 1. The molecule has 1 amide bonds. The van der Waals surface area contributed by atoms with E-state index in [4.69, 9.17) is 4.74 Å². The number of amides is 1. The lowest BCUT2D eigenvalue weighted by molar-refractivity contribution is -0.113. The molecule has 0 aromatic heterocycles. The van der Waals surface area contributed by atoms with Crippen molar-refractivity contribution in [1.82, 2.24) is 0 Å². The molecule has 1 aliphatic rings. The van der Waals surface area contributed by atoms with E-state index in [0.717, 1.165) is 21.3 Å². The van der Waals surface area contributed by atoms with Gasteiger partial charge in [-0.2, -0.15) is 0 Å². The van der Waals surface area contributed by atoms with E-state index < -0.39 is 5.97 Å². The topological polar surface area (TPSA) is 59.0 Å². The Kier molecular flexibility index (Phi) is 5.59. The monoisotopic (exact) mass is 460 g/mol. The molecule has 5 nitrogen and oxygen atoms in total. The minimum atomic E-state index is -0.406. The first kappa shape index (κ1) is 19.8. The van der Waals surface area contributed by atoms with Gasteiger partial charge in [-0.3, -0.25) is 9.69 Å². The van der Waals surface area contributed by atoms with E-state index in [1.165, 1.54) is 7.11 Å². The van der Waals surface area contributed by atoms with Gasteiger partial charge in [-0.05, 0) is 48.0 Å². The molecule has 0 spiro atoms. The number of carbonyl (C=O) groups is 2. The number of hydrogen-bond acceptors (Lipinski definition) is 4. The minimum Gasteiger partial charge on any atom is -0.465 e. The molecule has 0 bridgehead atoms. The van der Waals surface area contributed by atoms with E-state index in [9.17, 15) is 9.59 Å². The summed E-state index contributed by atoms with van der Waals surface area (Å²) in [6.45, 7) is 0. The Morgan fingerprint density at radius 1 is 0.967 bits per heavy atom. The Bertz CT molecular complexity index is 1150. The van der Waals surface area contributed by atoms with Gasteiger partial charge in [-0.1, -0.05) is 58.4 Å². The number of benzene rings is 3. The number of methoxy groups -OCH3 is 1. The van der Waals surface area contributed by atoms with Crippen LogP contribution in [0.1, 0.15) is 21.5 Å². The zero-order valence-corrected chi connectivity index (χ0v) is 17.7. The van der Waals surface area contributed by atoms with Crippen molar-refractivity contribution < 1.29 is 14.3 Å². The predicted octanol–water partition coefficient (Wildman–Crippen LogP) is 5.07. The second-order valence-electron chi connectivity index (χ2n) is 6.56. The molecule has 0 unspecified atom stereocenters. The molecule has 6 heteroatoms. The smallest absolute Gasteiger partial charge is 0.337 e. The van der Waals surface area contributed by atoms with Gasteiger partial charge in [0.2, 0.25) is 0 Å². The zero-order chi connectivity index (χ0) is 21.1. The van der Waals surface area contributed by atoms with E-state index in [0.29, 0.717) is 17.1 Å². The summed E-state index contributed by atoms with van der Waals surface area (Å²) in [7, 11) is 1.34. The maximum Gasteiger partial charge on any atom is 0.337 e. The lowest BCUT2D eigenvalue weighted by Crippen LogP contribution is -2.32. The summed E-state index contributed by atoms with van der Waals surface area (Å²) in [5.41, 5.74) is 3.11. The number of aliphatic imine (C=N–C) groups is 1. The quantitative estimate of drug-likeness (QED) is 0.403. The first-order chi connectivity index (χ1) is 14.6. The molecule has 0 N–H and O–H groups in total. The molecule has 3 aromatic rings.